The number of carbonyl (C=O) groups is 1. The Morgan fingerprint density at radius 2 is 1.70 bits per heavy atom. The van der Waals surface area contributed by atoms with Crippen molar-refractivity contribution in [1.29, 1.82) is 0 Å². The zero-order valence-corrected chi connectivity index (χ0v) is 13.1. The minimum absolute atomic E-state index is 0.294. The minimum Gasteiger partial charge on any atom is -0.478 e. The monoisotopic (exact) mass is 313 g/mol. The lowest BCUT2D eigenvalue weighted by atomic mass is 9.99. The van der Waals surface area contributed by atoms with Gasteiger partial charge in [-0.3, -0.25) is 4.90 Å². The molecule has 1 unspecified atom stereocenters. The van der Waals surface area contributed by atoms with Crippen LogP contribution in [0.25, 0.3) is 11.1 Å². The molecular weight excluding hydrogens is 293 g/mol. The van der Waals surface area contributed by atoms with Gasteiger partial charge in [0.05, 0.1) is 5.56 Å². The quantitative estimate of drug-likeness (QED) is 0.912. The number of carboxylic acids is 1. The molecule has 0 saturated carbocycles. The van der Waals surface area contributed by atoms with Gasteiger partial charge in [-0.15, -0.1) is 0 Å². The van der Waals surface area contributed by atoms with Crippen molar-refractivity contribution >= 4 is 5.97 Å². The highest BCUT2D eigenvalue weighted by Crippen LogP contribution is 2.28. The van der Waals surface area contributed by atoms with Crippen LogP contribution in [0.1, 0.15) is 41.7 Å². The highest BCUT2D eigenvalue weighted by atomic mass is 19.1. The number of likely N-dealkylation sites (tertiary alicyclic amines) is 1. The number of carboxylic acid groups (broad SMARTS) is 1. The van der Waals surface area contributed by atoms with Gasteiger partial charge in [0.2, 0.25) is 0 Å². The Labute approximate surface area is 135 Å². The lowest BCUT2D eigenvalue weighted by Gasteiger charge is -2.24. The first-order valence-corrected chi connectivity index (χ1v) is 7.93. The van der Waals surface area contributed by atoms with E-state index in [4.69, 9.17) is 5.11 Å². The third kappa shape index (κ3) is 3.27. The summed E-state index contributed by atoms with van der Waals surface area (Å²) in [6.45, 7) is 4.49. The Morgan fingerprint density at radius 1 is 1.09 bits per heavy atom. The van der Waals surface area contributed by atoms with E-state index < -0.39 is 11.8 Å². The van der Waals surface area contributed by atoms with Gasteiger partial charge in [-0.05, 0) is 61.7 Å². The van der Waals surface area contributed by atoms with Crippen LogP contribution in [0.5, 0.6) is 0 Å². The normalized spacial score (nSPS) is 16.4. The highest BCUT2D eigenvalue weighted by molar-refractivity contribution is 5.89. The molecule has 4 heteroatoms. The van der Waals surface area contributed by atoms with Crippen molar-refractivity contribution in [2.45, 2.75) is 25.8 Å². The number of hydrogen-bond acceptors (Lipinski definition) is 2. The van der Waals surface area contributed by atoms with E-state index in [1.807, 2.05) is 12.1 Å². The topological polar surface area (TPSA) is 40.5 Å². The zero-order valence-electron chi connectivity index (χ0n) is 13.1. The summed E-state index contributed by atoms with van der Waals surface area (Å²) < 4.78 is 13.5. The van der Waals surface area contributed by atoms with E-state index >= 15 is 0 Å². The van der Waals surface area contributed by atoms with Crippen LogP contribution in [-0.2, 0) is 0 Å². The first kappa shape index (κ1) is 15.7. The number of rotatable bonds is 4. The molecule has 1 aliphatic heterocycles. The number of aromatic carboxylic acids is 1. The Hall–Kier alpha value is -2.20. The van der Waals surface area contributed by atoms with Crippen molar-refractivity contribution in [2.75, 3.05) is 13.1 Å². The number of halogens is 1. The summed E-state index contributed by atoms with van der Waals surface area (Å²) in [4.78, 5) is 13.5. The summed E-state index contributed by atoms with van der Waals surface area (Å²) in [6, 6.07) is 12.7. The Bertz CT molecular complexity index is 706. The Kier molecular flexibility index (Phi) is 4.44. The van der Waals surface area contributed by atoms with E-state index in [0.717, 1.165) is 18.7 Å². The van der Waals surface area contributed by atoms with E-state index in [-0.39, 0.29) is 5.56 Å². The Balaban J connectivity index is 1.84. The van der Waals surface area contributed by atoms with Crippen LogP contribution in [0, 0.1) is 5.82 Å². The van der Waals surface area contributed by atoms with Crippen molar-refractivity contribution in [3.8, 4) is 11.1 Å². The fourth-order valence-corrected chi connectivity index (χ4v) is 3.16. The van der Waals surface area contributed by atoms with Gasteiger partial charge < -0.3 is 5.11 Å². The molecule has 23 heavy (non-hydrogen) atoms. The second kappa shape index (κ2) is 6.50. The van der Waals surface area contributed by atoms with Crippen molar-refractivity contribution in [2.24, 2.45) is 0 Å². The van der Waals surface area contributed by atoms with Gasteiger partial charge >= 0.3 is 5.97 Å². The fraction of sp³-hybridized carbons (Fsp3) is 0.316. The molecule has 3 nitrogen and oxygen atoms in total. The second-order valence-electron chi connectivity index (χ2n) is 6.04. The molecule has 0 radical (unpaired) electrons. The lowest BCUT2D eigenvalue weighted by molar-refractivity contribution is 0.0692. The summed E-state index contributed by atoms with van der Waals surface area (Å²) in [7, 11) is 0. The third-order valence-corrected chi connectivity index (χ3v) is 4.61. The van der Waals surface area contributed by atoms with E-state index in [1.165, 1.54) is 30.5 Å². The van der Waals surface area contributed by atoms with Crippen LogP contribution in [-0.4, -0.2) is 29.1 Å². The van der Waals surface area contributed by atoms with E-state index in [0.29, 0.717) is 11.6 Å². The van der Waals surface area contributed by atoms with Crippen molar-refractivity contribution in [1.82, 2.24) is 4.90 Å². The van der Waals surface area contributed by atoms with E-state index in [1.54, 1.807) is 6.07 Å². The van der Waals surface area contributed by atoms with Gasteiger partial charge in [0.15, 0.2) is 0 Å². The van der Waals surface area contributed by atoms with Gasteiger partial charge in [0.1, 0.15) is 5.82 Å². The SMILES string of the molecule is CC(c1ccc(-c2ccc(F)c(C(=O)O)c2)cc1)N1CCCC1. The molecule has 0 amide bonds. The minimum atomic E-state index is -1.25. The first-order valence-electron chi connectivity index (χ1n) is 7.93. The van der Waals surface area contributed by atoms with Crippen molar-refractivity contribution < 1.29 is 14.3 Å². The molecule has 0 spiro atoms. The molecule has 2 aromatic rings. The van der Waals surface area contributed by atoms with Gasteiger partial charge in [0, 0.05) is 6.04 Å². The molecule has 1 heterocycles. The molecule has 1 fully saturated rings. The van der Waals surface area contributed by atoms with Crippen molar-refractivity contribution in [3.63, 3.8) is 0 Å². The molecule has 1 atom stereocenters. The first-order chi connectivity index (χ1) is 11.1. The van der Waals surface area contributed by atoms with Crippen LogP contribution >= 0.6 is 0 Å². The molecule has 2 aromatic carbocycles. The molecule has 1 N–H and O–H groups in total. The molecular formula is C19H20FNO2. The van der Waals surface area contributed by atoms with Crippen LogP contribution in [0.3, 0.4) is 0 Å². The number of hydrogen-bond donors (Lipinski definition) is 1. The van der Waals surface area contributed by atoms with Crippen molar-refractivity contribution in [3.05, 3.63) is 59.4 Å². The molecule has 1 saturated heterocycles. The smallest absolute Gasteiger partial charge is 0.338 e. The van der Waals surface area contributed by atoms with Gasteiger partial charge in [0.25, 0.3) is 0 Å². The largest absolute Gasteiger partial charge is 0.478 e. The third-order valence-electron chi connectivity index (χ3n) is 4.61. The molecule has 0 aliphatic carbocycles. The summed E-state index contributed by atoms with van der Waals surface area (Å²) in [5.41, 5.74) is 2.56. The molecule has 3 rings (SSSR count). The van der Waals surface area contributed by atoms with Crippen LogP contribution in [0.2, 0.25) is 0 Å². The number of benzene rings is 2. The zero-order chi connectivity index (χ0) is 16.4. The maximum atomic E-state index is 13.5. The average Bonchev–Trinajstić information content (AvgIpc) is 3.09. The standard InChI is InChI=1S/C19H20FNO2/c1-13(21-10-2-3-11-21)14-4-6-15(7-5-14)16-8-9-18(20)17(12-16)19(22)23/h4-9,12-13H,2-3,10-11H2,1H3,(H,22,23). The van der Waals surface area contributed by atoms with Gasteiger partial charge in [-0.1, -0.05) is 30.3 Å². The maximum Gasteiger partial charge on any atom is 0.338 e. The maximum absolute atomic E-state index is 13.5. The van der Waals surface area contributed by atoms with Gasteiger partial charge in [-0.25, -0.2) is 9.18 Å². The second-order valence-corrected chi connectivity index (χ2v) is 6.04. The average molecular weight is 313 g/mol. The van der Waals surface area contributed by atoms with Gasteiger partial charge in [-0.2, -0.15) is 0 Å². The van der Waals surface area contributed by atoms with E-state index in [9.17, 15) is 9.18 Å². The fourth-order valence-electron chi connectivity index (χ4n) is 3.16. The van der Waals surface area contributed by atoms with E-state index in [2.05, 4.69) is 24.0 Å². The summed E-state index contributed by atoms with van der Waals surface area (Å²) in [6.07, 6.45) is 2.52. The van der Waals surface area contributed by atoms with Crippen LogP contribution in [0.4, 0.5) is 4.39 Å². The predicted molar refractivity (Wildman–Crippen MR) is 88.0 cm³/mol. The molecule has 0 bridgehead atoms. The molecule has 1 aliphatic rings. The summed E-state index contributed by atoms with van der Waals surface area (Å²) >= 11 is 0. The van der Waals surface area contributed by atoms with Crippen LogP contribution < -0.4 is 0 Å². The van der Waals surface area contributed by atoms with Crippen LogP contribution in [0.15, 0.2) is 42.5 Å². The lowest BCUT2D eigenvalue weighted by Crippen LogP contribution is -2.23. The molecule has 120 valence electrons. The highest BCUT2D eigenvalue weighted by Gasteiger charge is 2.19. The summed E-state index contributed by atoms with van der Waals surface area (Å²) in [5, 5.41) is 9.03. The predicted octanol–water partition coefficient (Wildman–Crippen LogP) is 4.35. The molecule has 0 aromatic heterocycles. The Morgan fingerprint density at radius 3 is 2.30 bits per heavy atom. The number of nitrogens with zero attached hydrogens (tertiary/aromatic N) is 1. The summed E-state index contributed by atoms with van der Waals surface area (Å²) in [5.74, 6) is -1.95.